The predicted molar refractivity (Wildman–Crippen MR) is 97.3 cm³/mol. The molecule has 1 amide bonds. The average molecular weight is 352 g/mol. The summed E-state index contributed by atoms with van der Waals surface area (Å²) in [7, 11) is 0. The van der Waals surface area contributed by atoms with Gasteiger partial charge in [-0.15, -0.1) is 0 Å². The van der Waals surface area contributed by atoms with Gasteiger partial charge in [-0.25, -0.2) is 4.39 Å². The molecule has 1 radical (unpaired) electrons. The van der Waals surface area contributed by atoms with Crippen molar-refractivity contribution in [3.8, 4) is 0 Å². The van der Waals surface area contributed by atoms with Crippen molar-refractivity contribution >= 4 is 39.3 Å². The number of fused-ring (bicyclic) bond motifs is 3. The van der Waals surface area contributed by atoms with Crippen LogP contribution in [0.5, 0.6) is 0 Å². The lowest BCUT2D eigenvalue weighted by atomic mass is 10.1. The van der Waals surface area contributed by atoms with E-state index in [2.05, 4.69) is 6.07 Å². The van der Waals surface area contributed by atoms with Gasteiger partial charge in [-0.05, 0) is 42.0 Å². The SMILES string of the molecule is NC(=O)c1cccc2c1c1[c]c(F)ccc1n2Cc1cccc(Cl)c1. The lowest BCUT2D eigenvalue weighted by Crippen LogP contribution is -2.11. The van der Waals surface area contributed by atoms with E-state index in [1.807, 2.05) is 34.9 Å². The number of aromatic nitrogens is 1. The standard InChI is InChI=1S/C20H13ClFN2O/c21-13-4-1-3-12(9-13)11-24-17-8-7-14(22)10-16(17)19-15(20(23)25)5-2-6-18(19)24/h1-9H,11H2,(H2,23,25). The van der Waals surface area contributed by atoms with Crippen molar-refractivity contribution in [1.82, 2.24) is 4.57 Å². The van der Waals surface area contributed by atoms with Crippen molar-refractivity contribution in [3.63, 3.8) is 0 Å². The molecule has 2 N–H and O–H groups in total. The molecule has 1 aromatic heterocycles. The Morgan fingerprint density at radius 1 is 1.12 bits per heavy atom. The molecule has 0 unspecified atom stereocenters. The Kier molecular flexibility index (Phi) is 3.70. The zero-order valence-corrected chi connectivity index (χ0v) is 13.8. The molecule has 0 aliphatic carbocycles. The van der Waals surface area contributed by atoms with E-state index in [9.17, 15) is 9.18 Å². The highest BCUT2D eigenvalue weighted by Gasteiger charge is 2.17. The molecule has 3 nitrogen and oxygen atoms in total. The van der Waals surface area contributed by atoms with Crippen molar-refractivity contribution in [2.24, 2.45) is 5.73 Å². The number of nitrogens with two attached hydrogens (primary N) is 1. The van der Waals surface area contributed by atoms with Crippen LogP contribution in [0.2, 0.25) is 5.02 Å². The summed E-state index contributed by atoms with van der Waals surface area (Å²) >= 11 is 6.08. The van der Waals surface area contributed by atoms with E-state index in [1.165, 1.54) is 6.07 Å². The van der Waals surface area contributed by atoms with Gasteiger partial charge in [-0.1, -0.05) is 29.8 Å². The smallest absolute Gasteiger partial charge is 0.249 e. The number of carbonyl (C=O) groups excluding carboxylic acids is 1. The maximum atomic E-state index is 13.8. The third-order valence-electron chi connectivity index (χ3n) is 4.26. The second-order valence-corrected chi connectivity index (χ2v) is 6.28. The van der Waals surface area contributed by atoms with Gasteiger partial charge in [0.05, 0.1) is 11.0 Å². The largest absolute Gasteiger partial charge is 0.366 e. The van der Waals surface area contributed by atoms with Crippen molar-refractivity contribution in [1.29, 1.82) is 0 Å². The first kappa shape index (κ1) is 15.7. The topological polar surface area (TPSA) is 48.0 Å². The number of nitrogens with zero attached hydrogens (tertiary/aromatic N) is 1. The number of hydrogen-bond donors (Lipinski definition) is 1. The molecule has 0 aliphatic heterocycles. The Morgan fingerprint density at radius 3 is 2.68 bits per heavy atom. The average Bonchev–Trinajstić information content (AvgIpc) is 2.88. The number of hydrogen-bond acceptors (Lipinski definition) is 1. The van der Waals surface area contributed by atoms with Crippen LogP contribution in [0.1, 0.15) is 15.9 Å². The summed E-state index contributed by atoms with van der Waals surface area (Å²) in [6.07, 6.45) is 0. The molecule has 4 aromatic rings. The summed E-state index contributed by atoms with van der Waals surface area (Å²) in [4.78, 5) is 11.8. The van der Waals surface area contributed by atoms with E-state index < -0.39 is 11.7 Å². The number of benzene rings is 3. The van der Waals surface area contributed by atoms with Gasteiger partial charge in [0.15, 0.2) is 0 Å². The van der Waals surface area contributed by atoms with Crippen molar-refractivity contribution in [2.45, 2.75) is 6.54 Å². The molecule has 0 bridgehead atoms. The zero-order chi connectivity index (χ0) is 17.6. The first-order chi connectivity index (χ1) is 12.0. The number of amides is 1. The van der Waals surface area contributed by atoms with Gasteiger partial charge >= 0.3 is 0 Å². The second-order valence-electron chi connectivity index (χ2n) is 5.85. The van der Waals surface area contributed by atoms with Crippen LogP contribution in [0.25, 0.3) is 21.8 Å². The van der Waals surface area contributed by atoms with Crippen molar-refractivity contribution in [3.05, 3.63) is 82.6 Å². The maximum absolute atomic E-state index is 13.8. The van der Waals surface area contributed by atoms with Crippen molar-refractivity contribution < 1.29 is 9.18 Å². The summed E-state index contributed by atoms with van der Waals surface area (Å²) in [5, 5.41) is 1.81. The van der Waals surface area contributed by atoms with Gasteiger partial charge in [0.1, 0.15) is 5.82 Å². The van der Waals surface area contributed by atoms with Gasteiger partial charge in [0.25, 0.3) is 0 Å². The molecule has 4 rings (SSSR count). The van der Waals surface area contributed by atoms with Crippen LogP contribution in [-0.2, 0) is 6.54 Å². The molecule has 0 saturated carbocycles. The van der Waals surface area contributed by atoms with Crippen LogP contribution < -0.4 is 5.73 Å². The van der Waals surface area contributed by atoms with E-state index in [-0.39, 0.29) is 0 Å². The summed E-state index contributed by atoms with van der Waals surface area (Å²) in [6, 6.07) is 18.6. The minimum absolute atomic E-state index is 0.356. The summed E-state index contributed by atoms with van der Waals surface area (Å²) in [5.74, 6) is -1.03. The monoisotopic (exact) mass is 351 g/mol. The van der Waals surface area contributed by atoms with Gasteiger partial charge in [0, 0.05) is 34.0 Å². The minimum Gasteiger partial charge on any atom is -0.366 e. The third-order valence-corrected chi connectivity index (χ3v) is 4.49. The third kappa shape index (κ3) is 2.65. The van der Waals surface area contributed by atoms with Crippen molar-refractivity contribution in [2.75, 3.05) is 0 Å². The first-order valence-electron chi connectivity index (χ1n) is 7.71. The highest BCUT2D eigenvalue weighted by atomic mass is 35.5. The zero-order valence-electron chi connectivity index (χ0n) is 13.1. The summed E-state index contributed by atoms with van der Waals surface area (Å²) < 4.78 is 15.8. The molecule has 1 heterocycles. The molecule has 0 atom stereocenters. The van der Waals surface area contributed by atoms with Crippen LogP contribution in [-0.4, -0.2) is 10.5 Å². The van der Waals surface area contributed by atoms with E-state index in [1.54, 1.807) is 18.2 Å². The molecule has 0 fully saturated rings. The number of primary amides is 1. The molecule has 3 aromatic carbocycles. The van der Waals surface area contributed by atoms with Gasteiger partial charge in [-0.3, -0.25) is 4.79 Å². The van der Waals surface area contributed by atoms with Crippen LogP contribution >= 0.6 is 11.6 Å². The molecular weight excluding hydrogens is 339 g/mol. The van der Waals surface area contributed by atoms with Crippen LogP contribution in [0.15, 0.2) is 54.6 Å². The van der Waals surface area contributed by atoms with E-state index in [0.29, 0.717) is 27.9 Å². The lowest BCUT2D eigenvalue weighted by Gasteiger charge is -2.08. The summed E-state index contributed by atoms with van der Waals surface area (Å²) in [6.45, 7) is 0.530. The normalized spacial score (nSPS) is 11.3. The number of rotatable bonds is 3. The van der Waals surface area contributed by atoms with Gasteiger partial charge < -0.3 is 10.3 Å². The molecule has 0 spiro atoms. The molecule has 123 valence electrons. The fourth-order valence-electron chi connectivity index (χ4n) is 3.23. The van der Waals surface area contributed by atoms with E-state index in [4.69, 9.17) is 17.3 Å². The summed E-state index contributed by atoms with van der Waals surface area (Å²) in [5.41, 5.74) is 8.45. The Balaban J connectivity index is 2.05. The Labute approximate surface area is 148 Å². The Hall–Kier alpha value is -2.85. The van der Waals surface area contributed by atoms with Gasteiger partial charge in [0.2, 0.25) is 5.91 Å². The second kappa shape index (κ2) is 5.90. The highest BCUT2D eigenvalue weighted by molar-refractivity contribution is 6.30. The quantitative estimate of drug-likeness (QED) is 0.579. The maximum Gasteiger partial charge on any atom is 0.249 e. The minimum atomic E-state index is -0.551. The Bertz CT molecular complexity index is 1130. The molecule has 0 saturated heterocycles. The van der Waals surface area contributed by atoms with Crippen LogP contribution in [0.3, 0.4) is 0 Å². The number of carbonyl (C=O) groups is 1. The predicted octanol–water partition coefficient (Wildman–Crippen LogP) is 4.53. The van der Waals surface area contributed by atoms with E-state index >= 15 is 0 Å². The molecule has 25 heavy (non-hydrogen) atoms. The number of halogens is 2. The van der Waals surface area contributed by atoms with Gasteiger partial charge in [-0.2, -0.15) is 0 Å². The molecule has 5 heteroatoms. The first-order valence-corrected chi connectivity index (χ1v) is 8.09. The van der Waals surface area contributed by atoms with E-state index in [0.717, 1.165) is 16.6 Å². The lowest BCUT2D eigenvalue weighted by molar-refractivity contribution is 0.100. The molecular formula is C20H13ClFN2O. The Morgan fingerprint density at radius 2 is 1.92 bits per heavy atom. The highest BCUT2D eigenvalue weighted by Crippen LogP contribution is 2.32. The fraction of sp³-hybridized carbons (Fsp3) is 0.0500. The van der Waals surface area contributed by atoms with Crippen LogP contribution in [0.4, 0.5) is 4.39 Å². The van der Waals surface area contributed by atoms with Crippen LogP contribution in [0, 0.1) is 11.9 Å². The molecule has 0 aliphatic rings. The fourth-order valence-corrected chi connectivity index (χ4v) is 3.44.